The molecule has 0 atom stereocenters. The number of amides is 2. The first-order valence-corrected chi connectivity index (χ1v) is 10.3. The fourth-order valence-corrected chi connectivity index (χ4v) is 3.90. The molecule has 0 aromatic heterocycles. The average molecular weight is 399 g/mol. The first-order valence-electron chi connectivity index (χ1n) is 9.91. The Bertz CT molecular complexity index is 873. The molecule has 0 heterocycles. The van der Waals surface area contributed by atoms with E-state index in [2.05, 4.69) is 10.6 Å². The first-order chi connectivity index (χ1) is 13.5. The van der Waals surface area contributed by atoms with Gasteiger partial charge in [-0.05, 0) is 68.0 Å². The van der Waals surface area contributed by atoms with Gasteiger partial charge in [-0.15, -0.1) is 0 Å². The van der Waals surface area contributed by atoms with Gasteiger partial charge in [0.2, 0.25) is 0 Å². The van der Waals surface area contributed by atoms with Crippen molar-refractivity contribution in [2.24, 2.45) is 5.92 Å². The molecule has 4 nitrogen and oxygen atoms in total. The third-order valence-corrected chi connectivity index (χ3v) is 5.83. The lowest BCUT2D eigenvalue weighted by Crippen LogP contribution is -2.31. The van der Waals surface area contributed by atoms with Crippen molar-refractivity contribution >= 4 is 29.1 Å². The number of carbonyl (C=O) groups is 2. The molecule has 2 N–H and O–H groups in total. The summed E-state index contributed by atoms with van der Waals surface area (Å²) in [5.41, 5.74) is 3.44. The Balaban J connectivity index is 1.75. The highest BCUT2D eigenvalue weighted by atomic mass is 35.5. The van der Waals surface area contributed by atoms with E-state index >= 15 is 0 Å². The smallest absolute Gasteiger partial charge is 0.255 e. The molecule has 1 aliphatic carbocycles. The van der Waals surface area contributed by atoms with Crippen LogP contribution in [0, 0.1) is 19.8 Å². The Morgan fingerprint density at radius 2 is 1.75 bits per heavy atom. The maximum atomic E-state index is 12.8. The summed E-state index contributed by atoms with van der Waals surface area (Å²) in [6.07, 6.45) is 6.06. The zero-order chi connectivity index (χ0) is 20.1. The Labute approximate surface area is 171 Å². The lowest BCUT2D eigenvalue weighted by atomic mass is 9.89. The predicted octanol–water partition coefficient (Wildman–Crippen LogP) is 5.52. The van der Waals surface area contributed by atoms with Crippen molar-refractivity contribution < 1.29 is 9.59 Å². The van der Waals surface area contributed by atoms with Crippen LogP contribution in [0.1, 0.15) is 63.9 Å². The van der Waals surface area contributed by atoms with Crippen LogP contribution in [-0.4, -0.2) is 18.4 Å². The summed E-state index contributed by atoms with van der Waals surface area (Å²) in [5.74, 6) is 0.0964. The van der Waals surface area contributed by atoms with Gasteiger partial charge in [-0.3, -0.25) is 9.59 Å². The van der Waals surface area contributed by atoms with Crippen LogP contribution in [0.3, 0.4) is 0 Å². The third-order valence-electron chi connectivity index (χ3n) is 5.60. The van der Waals surface area contributed by atoms with Crippen LogP contribution in [-0.2, 0) is 0 Å². The zero-order valence-electron chi connectivity index (χ0n) is 16.5. The van der Waals surface area contributed by atoms with Gasteiger partial charge in [-0.25, -0.2) is 0 Å². The van der Waals surface area contributed by atoms with Crippen LogP contribution < -0.4 is 10.6 Å². The second kappa shape index (κ2) is 9.24. The molecule has 148 valence electrons. The summed E-state index contributed by atoms with van der Waals surface area (Å²) in [7, 11) is 0. The SMILES string of the molecule is Cc1cccc(C(=O)Nc2ccc(Cl)cc2C(=O)NCC2CCCCC2)c1C. The van der Waals surface area contributed by atoms with E-state index in [0.717, 1.165) is 24.0 Å². The molecule has 2 aromatic rings. The van der Waals surface area contributed by atoms with E-state index < -0.39 is 0 Å². The molecule has 0 unspecified atom stereocenters. The molecule has 28 heavy (non-hydrogen) atoms. The molecule has 1 fully saturated rings. The van der Waals surface area contributed by atoms with Gasteiger partial charge in [0, 0.05) is 17.1 Å². The van der Waals surface area contributed by atoms with E-state index in [-0.39, 0.29) is 11.8 Å². The number of benzene rings is 2. The zero-order valence-corrected chi connectivity index (χ0v) is 17.2. The first kappa shape index (κ1) is 20.4. The van der Waals surface area contributed by atoms with Gasteiger partial charge in [0.15, 0.2) is 0 Å². The summed E-state index contributed by atoms with van der Waals surface area (Å²) in [6, 6.07) is 10.6. The summed E-state index contributed by atoms with van der Waals surface area (Å²) in [5, 5.41) is 6.37. The van der Waals surface area contributed by atoms with Crippen molar-refractivity contribution in [1.82, 2.24) is 5.32 Å². The third kappa shape index (κ3) is 4.93. The predicted molar refractivity (Wildman–Crippen MR) is 114 cm³/mol. The Morgan fingerprint density at radius 3 is 2.50 bits per heavy atom. The normalized spacial score (nSPS) is 14.5. The van der Waals surface area contributed by atoms with Crippen molar-refractivity contribution in [3.8, 4) is 0 Å². The fraction of sp³-hybridized carbons (Fsp3) is 0.391. The second-order valence-electron chi connectivity index (χ2n) is 7.61. The molecule has 2 aromatic carbocycles. The highest BCUT2D eigenvalue weighted by molar-refractivity contribution is 6.31. The van der Waals surface area contributed by atoms with Gasteiger partial charge in [0.1, 0.15) is 0 Å². The van der Waals surface area contributed by atoms with Crippen molar-refractivity contribution in [2.75, 3.05) is 11.9 Å². The summed E-state index contributed by atoms with van der Waals surface area (Å²) >= 11 is 6.12. The molecule has 0 bridgehead atoms. The minimum Gasteiger partial charge on any atom is -0.352 e. The van der Waals surface area contributed by atoms with Crippen LogP contribution in [0.15, 0.2) is 36.4 Å². The van der Waals surface area contributed by atoms with Gasteiger partial charge >= 0.3 is 0 Å². The van der Waals surface area contributed by atoms with E-state index in [1.54, 1.807) is 24.3 Å². The Morgan fingerprint density at radius 1 is 1.00 bits per heavy atom. The van der Waals surface area contributed by atoms with E-state index in [1.165, 1.54) is 19.3 Å². The highest BCUT2D eigenvalue weighted by Gasteiger charge is 2.19. The van der Waals surface area contributed by atoms with E-state index in [4.69, 9.17) is 11.6 Å². The number of aryl methyl sites for hydroxylation is 1. The van der Waals surface area contributed by atoms with Gasteiger partial charge < -0.3 is 10.6 Å². The Kier molecular flexibility index (Phi) is 6.74. The number of nitrogens with one attached hydrogen (secondary N) is 2. The number of rotatable bonds is 5. The van der Waals surface area contributed by atoms with E-state index in [1.807, 2.05) is 26.0 Å². The largest absolute Gasteiger partial charge is 0.352 e. The summed E-state index contributed by atoms with van der Waals surface area (Å²) in [6.45, 7) is 4.55. The number of hydrogen-bond donors (Lipinski definition) is 2. The molecular weight excluding hydrogens is 372 g/mol. The molecule has 0 aliphatic heterocycles. The average Bonchev–Trinajstić information content (AvgIpc) is 2.70. The van der Waals surface area contributed by atoms with Gasteiger partial charge in [0.25, 0.3) is 11.8 Å². The van der Waals surface area contributed by atoms with Crippen LogP contribution in [0.5, 0.6) is 0 Å². The maximum Gasteiger partial charge on any atom is 0.255 e. The van der Waals surface area contributed by atoms with Gasteiger partial charge in [-0.1, -0.05) is 43.0 Å². The second-order valence-corrected chi connectivity index (χ2v) is 8.04. The Hall–Kier alpha value is -2.33. The molecule has 1 aliphatic rings. The van der Waals surface area contributed by atoms with Crippen molar-refractivity contribution in [2.45, 2.75) is 46.0 Å². The van der Waals surface area contributed by atoms with Crippen molar-refractivity contribution in [3.63, 3.8) is 0 Å². The van der Waals surface area contributed by atoms with Crippen LogP contribution >= 0.6 is 11.6 Å². The standard InChI is InChI=1S/C23H27ClN2O2/c1-15-7-6-10-19(16(15)2)23(28)26-21-12-11-18(24)13-20(21)22(27)25-14-17-8-4-3-5-9-17/h6-7,10-13,17H,3-5,8-9,14H2,1-2H3,(H,25,27)(H,26,28). The van der Waals surface area contributed by atoms with E-state index in [0.29, 0.717) is 34.3 Å². The number of hydrogen-bond acceptors (Lipinski definition) is 2. The summed E-state index contributed by atoms with van der Waals surface area (Å²) in [4.78, 5) is 25.6. The number of carbonyl (C=O) groups excluding carboxylic acids is 2. The topological polar surface area (TPSA) is 58.2 Å². The molecular formula is C23H27ClN2O2. The fourth-order valence-electron chi connectivity index (χ4n) is 3.72. The molecule has 0 radical (unpaired) electrons. The molecule has 0 spiro atoms. The van der Waals surface area contributed by atoms with Crippen molar-refractivity contribution in [3.05, 3.63) is 63.7 Å². The number of halogens is 1. The monoisotopic (exact) mass is 398 g/mol. The van der Waals surface area contributed by atoms with Gasteiger partial charge in [-0.2, -0.15) is 0 Å². The van der Waals surface area contributed by atoms with Gasteiger partial charge in [0.05, 0.1) is 11.3 Å². The summed E-state index contributed by atoms with van der Waals surface area (Å²) < 4.78 is 0. The van der Waals surface area contributed by atoms with Crippen molar-refractivity contribution in [1.29, 1.82) is 0 Å². The van der Waals surface area contributed by atoms with Crippen LogP contribution in [0.2, 0.25) is 5.02 Å². The quantitative estimate of drug-likeness (QED) is 0.696. The molecule has 0 saturated heterocycles. The van der Waals surface area contributed by atoms with E-state index in [9.17, 15) is 9.59 Å². The lowest BCUT2D eigenvalue weighted by Gasteiger charge is -2.22. The minimum atomic E-state index is -0.232. The number of anilines is 1. The molecule has 1 saturated carbocycles. The maximum absolute atomic E-state index is 12.8. The minimum absolute atomic E-state index is 0.204. The molecule has 2 amide bonds. The molecule has 3 rings (SSSR count). The highest BCUT2D eigenvalue weighted by Crippen LogP contribution is 2.25. The van der Waals surface area contributed by atoms with Crippen LogP contribution in [0.4, 0.5) is 5.69 Å². The molecule has 5 heteroatoms. The lowest BCUT2D eigenvalue weighted by molar-refractivity contribution is 0.0944. The van der Waals surface area contributed by atoms with Crippen LogP contribution in [0.25, 0.3) is 0 Å².